The van der Waals surface area contributed by atoms with E-state index in [1.165, 1.54) is 17.2 Å². The number of benzene rings is 1. The fourth-order valence-corrected chi connectivity index (χ4v) is 3.09. The SMILES string of the molecule is CC(Cc1ccccc1)N(C)CCNc1nc2c([nH]1)c(=O)n(C)c(=O)n2C.[Cl-].[H+]. The van der Waals surface area contributed by atoms with Gasteiger partial charge in [0.2, 0.25) is 5.95 Å². The number of hydrogen-bond donors (Lipinski definition) is 2. The van der Waals surface area contributed by atoms with Crippen molar-refractivity contribution in [1.82, 2.24) is 24.0 Å². The summed E-state index contributed by atoms with van der Waals surface area (Å²) in [6.07, 6.45) is 0.986. The Bertz CT molecular complexity index is 1050. The van der Waals surface area contributed by atoms with Gasteiger partial charge in [0.05, 0.1) is 0 Å². The third-order valence-electron chi connectivity index (χ3n) is 4.98. The van der Waals surface area contributed by atoms with Crippen LogP contribution in [0.3, 0.4) is 0 Å². The molecule has 0 bridgehead atoms. The first kappa shape index (κ1) is 21.7. The number of rotatable bonds is 7. The lowest BCUT2D eigenvalue weighted by molar-refractivity contribution is -0.00000607. The first-order chi connectivity index (χ1) is 12.9. The van der Waals surface area contributed by atoms with Crippen LogP contribution >= 0.6 is 0 Å². The van der Waals surface area contributed by atoms with Gasteiger partial charge in [0.15, 0.2) is 11.2 Å². The summed E-state index contributed by atoms with van der Waals surface area (Å²) in [5.74, 6) is 0.493. The summed E-state index contributed by atoms with van der Waals surface area (Å²) in [5, 5.41) is 3.21. The number of fused-ring (bicyclic) bond motifs is 1. The number of hydrogen-bond acceptors (Lipinski definition) is 5. The highest BCUT2D eigenvalue weighted by Crippen LogP contribution is 2.09. The number of anilines is 1. The Balaban J connectivity index is 0.00000210. The van der Waals surface area contributed by atoms with Gasteiger partial charge in [0, 0.05) is 33.2 Å². The van der Waals surface area contributed by atoms with Gasteiger partial charge in [-0.1, -0.05) is 30.3 Å². The highest BCUT2D eigenvalue weighted by atomic mass is 35.5. The van der Waals surface area contributed by atoms with E-state index in [1.807, 2.05) is 6.07 Å². The number of aromatic nitrogens is 4. The molecule has 2 N–H and O–H groups in total. The summed E-state index contributed by atoms with van der Waals surface area (Å²) < 4.78 is 2.44. The van der Waals surface area contributed by atoms with Crippen LogP contribution in [-0.4, -0.2) is 50.2 Å². The molecule has 1 atom stereocenters. The molecule has 3 rings (SSSR count). The van der Waals surface area contributed by atoms with Crippen molar-refractivity contribution in [3.8, 4) is 0 Å². The molecule has 0 fully saturated rings. The molecule has 3 aromatic rings. The summed E-state index contributed by atoms with van der Waals surface area (Å²) in [5.41, 5.74) is 1.24. The zero-order valence-corrected chi connectivity index (χ0v) is 17.3. The van der Waals surface area contributed by atoms with E-state index in [4.69, 9.17) is 0 Å². The monoisotopic (exact) mass is 406 g/mol. The molecule has 0 amide bonds. The Morgan fingerprint density at radius 1 is 1.21 bits per heavy atom. The molecular weight excluding hydrogens is 380 g/mol. The van der Waals surface area contributed by atoms with Gasteiger partial charge in [-0.15, -0.1) is 0 Å². The van der Waals surface area contributed by atoms with E-state index in [0.29, 0.717) is 29.7 Å². The smallest absolute Gasteiger partial charge is 1.00 e. The molecule has 1 unspecified atom stereocenters. The predicted octanol–water partition coefficient (Wildman–Crippen LogP) is -1.95. The van der Waals surface area contributed by atoms with Gasteiger partial charge in [-0.25, -0.2) is 4.79 Å². The van der Waals surface area contributed by atoms with E-state index in [2.05, 4.69) is 58.4 Å². The standard InChI is InChI=1S/C19H26N6O2.ClH/c1-13(12-14-8-6-5-7-9-14)23(2)11-10-20-18-21-15-16(22-18)24(3)19(27)25(4)17(15)26;/h5-9,13H,10-12H2,1-4H3,(H2,20,21,22);1H. The van der Waals surface area contributed by atoms with E-state index in [1.54, 1.807) is 7.05 Å². The molecule has 0 aliphatic heterocycles. The van der Waals surface area contributed by atoms with E-state index in [0.717, 1.165) is 17.5 Å². The lowest BCUT2D eigenvalue weighted by Gasteiger charge is -2.24. The molecule has 9 heteroatoms. The normalized spacial score (nSPS) is 12.2. The minimum atomic E-state index is -0.389. The Morgan fingerprint density at radius 2 is 1.89 bits per heavy atom. The number of imidazole rings is 1. The summed E-state index contributed by atoms with van der Waals surface area (Å²) in [4.78, 5) is 33.8. The van der Waals surface area contributed by atoms with Crippen LogP contribution < -0.4 is 29.0 Å². The Kier molecular flexibility index (Phi) is 7.04. The molecule has 2 aromatic heterocycles. The maximum atomic E-state index is 12.2. The van der Waals surface area contributed by atoms with Gasteiger partial charge in [0.25, 0.3) is 5.56 Å². The van der Waals surface area contributed by atoms with Crippen LogP contribution in [0.15, 0.2) is 39.9 Å². The van der Waals surface area contributed by atoms with Gasteiger partial charge in [-0.05, 0) is 26.0 Å². The molecule has 0 saturated heterocycles. The highest BCUT2D eigenvalue weighted by molar-refractivity contribution is 5.72. The maximum absolute atomic E-state index is 12.2. The van der Waals surface area contributed by atoms with Crippen molar-refractivity contribution in [2.45, 2.75) is 19.4 Å². The molecule has 0 radical (unpaired) electrons. The average molecular weight is 407 g/mol. The first-order valence-electron chi connectivity index (χ1n) is 9.02. The zero-order chi connectivity index (χ0) is 19.6. The van der Waals surface area contributed by atoms with E-state index in [-0.39, 0.29) is 25.1 Å². The molecule has 8 nitrogen and oxygen atoms in total. The third-order valence-corrected chi connectivity index (χ3v) is 4.98. The summed E-state index contributed by atoms with van der Waals surface area (Å²) in [7, 11) is 5.16. The van der Waals surface area contributed by atoms with Gasteiger partial charge >= 0.3 is 7.12 Å². The van der Waals surface area contributed by atoms with Crippen molar-refractivity contribution in [2.75, 3.05) is 25.5 Å². The Hall–Kier alpha value is -2.58. The van der Waals surface area contributed by atoms with Crippen LogP contribution in [0.4, 0.5) is 5.95 Å². The Morgan fingerprint density at radius 3 is 2.57 bits per heavy atom. The number of aryl methyl sites for hydroxylation is 1. The lowest BCUT2D eigenvalue weighted by Crippen LogP contribution is -3.00. The van der Waals surface area contributed by atoms with Crippen LogP contribution in [0.1, 0.15) is 13.9 Å². The van der Waals surface area contributed by atoms with E-state index >= 15 is 0 Å². The Labute approximate surface area is 171 Å². The predicted molar refractivity (Wildman–Crippen MR) is 108 cm³/mol. The molecule has 2 heterocycles. The topological polar surface area (TPSA) is 88.0 Å². The summed E-state index contributed by atoms with van der Waals surface area (Å²) in [6, 6.07) is 10.8. The second kappa shape index (κ2) is 9.07. The third kappa shape index (κ3) is 4.45. The molecule has 0 spiro atoms. The van der Waals surface area contributed by atoms with Crippen LogP contribution in [0.5, 0.6) is 0 Å². The van der Waals surface area contributed by atoms with Crippen molar-refractivity contribution in [1.29, 1.82) is 0 Å². The second-order valence-electron chi connectivity index (χ2n) is 6.94. The minimum Gasteiger partial charge on any atom is -1.00 e. The van der Waals surface area contributed by atoms with Gasteiger partial charge in [0.1, 0.15) is 0 Å². The second-order valence-corrected chi connectivity index (χ2v) is 6.94. The largest absolute Gasteiger partial charge is 1.00 e. The van der Waals surface area contributed by atoms with Crippen LogP contribution in [0.2, 0.25) is 0 Å². The van der Waals surface area contributed by atoms with Crippen LogP contribution in [0, 0.1) is 0 Å². The number of nitrogens with one attached hydrogen (secondary N) is 2. The number of aromatic amines is 1. The molecule has 0 aliphatic rings. The number of nitrogens with zero attached hydrogens (tertiary/aromatic N) is 4. The molecular formula is C19H27ClN6O2. The molecule has 152 valence electrons. The molecule has 0 aliphatic carbocycles. The van der Waals surface area contributed by atoms with Gasteiger partial charge in [-0.3, -0.25) is 13.9 Å². The summed E-state index contributed by atoms with van der Waals surface area (Å²) in [6.45, 7) is 3.69. The molecule has 28 heavy (non-hydrogen) atoms. The van der Waals surface area contributed by atoms with Gasteiger partial charge < -0.3 is 27.6 Å². The highest BCUT2D eigenvalue weighted by Gasteiger charge is 2.14. The van der Waals surface area contributed by atoms with E-state index < -0.39 is 0 Å². The average Bonchev–Trinajstić information content (AvgIpc) is 3.09. The first-order valence-corrected chi connectivity index (χ1v) is 9.02. The van der Waals surface area contributed by atoms with Crippen molar-refractivity contribution in [3.63, 3.8) is 0 Å². The quantitative estimate of drug-likeness (QED) is 0.476. The minimum absolute atomic E-state index is 0. The number of H-pyrrole nitrogens is 1. The zero-order valence-electron chi connectivity index (χ0n) is 17.6. The summed E-state index contributed by atoms with van der Waals surface area (Å²) >= 11 is 0. The van der Waals surface area contributed by atoms with Crippen molar-refractivity contribution < 1.29 is 13.8 Å². The number of halogens is 1. The van der Waals surface area contributed by atoms with E-state index in [9.17, 15) is 9.59 Å². The van der Waals surface area contributed by atoms with Crippen molar-refractivity contribution in [2.24, 2.45) is 14.1 Å². The van der Waals surface area contributed by atoms with Gasteiger partial charge in [-0.2, -0.15) is 4.98 Å². The number of likely N-dealkylation sites (N-methyl/N-ethyl adjacent to an activating group) is 1. The fourth-order valence-electron chi connectivity index (χ4n) is 3.09. The maximum Gasteiger partial charge on any atom is 1.00 e. The van der Waals surface area contributed by atoms with Crippen LogP contribution in [0.25, 0.3) is 11.2 Å². The van der Waals surface area contributed by atoms with Crippen LogP contribution in [-0.2, 0) is 20.5 Å². The lowest BCUT2D eigenvalue weighted by atomic mass is 10.1. The molecule has 0 saturated carbocycles. The molecule has 1 aromatic carbocycles. The van der Waals surface area contributed by atoms with Crippen molar-refractivity contribution >= 4 is 17.1 Å². The fraction of sp³-hybridized carbons (Fsp3) is 0.421. The van der Waals surface area contributed by atoms with Crippen molar-refractivity contribution in [3.05, 3.63) is 56.7 Å².